The Kier molecular flexibility index (Phi) is 6.26. The lowest BCUT2D eigenvalue weighted by Crippen LogP contribution is -2.62. The van der Waals surface area contributed by atoms with Crippen LogP contribution in [-0.4, -0.2) is 65.9 Å². The van der Waals surface area contributed by atoms with Gasteiger partial charge in [0.15, 0.2) is 0 Å². The minimum absolute atomic E-state index is 0.155. The van der Waals surface area contributed by atoms with E-state index in [4.69, 9.17) is 9.15 Å². The first kappa shape index (κ1) is 25.4. The van der Waals surface area contributed by atoms with Crippen LogP contribution in [0.2, 0.25) is 0 Å². The van der Waals surface area contributed by atoms with E-state index in [2.05, 4.69) is 13.8 Å². The average molecular weight is 513 g/mol. The molecule has 4 saturated carbocycles. The van der Waals surface area contributed by atoms with Crippen molar-refractivity contribution in [1.82, 2.24) is 9.80 Å². The predicted molar refractivity (Wildman–Crippen MR) is 140 cm³/mol. The van der Waals surface area contributed by atoms with E-state index in [-0.39, 0.29) is 28.4 Å². The van der Waals surface area contributed by atoms with Crippen molar-refractivity contribution in [3.63, 3.8) is 0 Å². The number of amides is 2. The van der Waals surface area contributed by atoms with Gasteiger partial charge < -0.3 is 24.1 Å². The molecule has 8 atom stereocenters. The summed E-state index contributed by atoms with van der Waals surface area (Å²) in [6.07, 6.45) is 11.0. The van der Waals surface area contributed by atoms with Gasteiger partial charge in [0.2, 0.25) is 0 Å². The van der Waals surface area contributed by atoms with Crippen LogP contribution in [0.5, 0.6) is 0 Å². The fourth-order valence-corrected chi connectivity index (χ4v) is 9.79. The second-order valence-electron chi connectivity index (χ2n) is 13.3. The molecule has 5 fully saturated rings. The van der Waals surface area contributed by atoms with E-state index in [1.807, 2.05) is 22.9 Å². The Hall–Kier alpha value is -1.86. The summed E-state index contributed by atoms with van der Waals surface area (Å²) in [5, 5.41) is 12.5. The molecular formula is C30H44N2O5. The molecule has 7 heteroatoms. The van der Waals surface area contributed by atoms with Crippen molar-refractivity contribution < 1.29 is 19.1 Å². The van der Waals surface area contributed by atoms with Gasteiger partial charge in [-0.2, -0.15) is 0 Å². The SMILES string of the molecule is CN(C(=O)N1CCOCC1)[C@H]1CC[C@@]2(C)[C@H](CC[C@@H]3[C@@H]2CC[C@]2(C)[C@@H](c4ccc(=O)oc4)CC[C@]32O)C1. The Balaban J connectivity index is 1.19. The number of fused-ring (bicyclic) bond motifs is 5. The second kappa shape index (κ2) is 9.11. The lowest BCUT2D eigenvalue weighted by molar-refractivity contribution is -0.203. The Bertz CT molecular complexity index is 1060. The monoisotopic (exact) mass is 512 g/mol. The van der Waals surface area contributed by atoms with E-state index in [9.17, 15) is 14.7 Å². The largest absolute Gasteiger partial charge is 0.431 e. The smallest absolute Gasteiger partial charge is 0.335 e. The van der Waals surface area contributed by atoms with Gasteiger partial charge in [0.25, 0.3) is 0 Å². The maximum atomic E-state index is 13.2. The molecule has 1 N–H and O–H groups in total. The first-order valence-electron chi connectivity index (χ1n) is 14.6. The molecule has 5 aliphatic rings. The van der Waals surface area contributed by atoms with E-state index in [1.165, 1.54) is 6.07 Å². The van der Waals surface area contributed by atoms with Crippen LogP contribution in [-0.2, 0) is 4.74 Å². The molecule has 7 nitrogen and oxygen atoms in total. The summed E-state index contributed by atoms with van der Waals surface area (Å²) in [7, 11) is 2.00. The molecule has 1 aromatic rings. The molecule has 4 aliphatic carbocycles. The molecule has 0 radical (unpaired) electrons. The third-order valence-corrected chi connectivity index (χ3v) is 12.1. The van der Waals surface area contributed by atoms with Crippen molar-refractivity contribution in [3.8, 4) is 0 Å². The van der Waals surface area contributed by atoms with E-state index in [1.54, 1.807) is 6.26 Å². The van der Waals surface area contributed by atoms with Gasteiger partial charge in [-0.15, -0.1) is 0 Å². The van der Waals surface area contributed by atoms with Gasteiger partial charge in [-0.05, 0) is 98.5 Å². The van der Waals surface area contributed by atoms with Gasteiger partial charge in [-0.1, -0.05) is 13.8 Å². The highest BCUT2D eigenvalue weighted by Crippen LogP contribution is 2.70. The van der Waals surface area contributed by atoms with Gasteiger partial charge >= 0.3 is 11.7 Å². The van der Waals surface area contributed by atoms with Crippen LogP contribution >= 0.6 is 0 Å². The van der Waals surface area contributed by atoms with Crippen molar-refractivity contribution >= 4 is 6.03 Å². The zero-order valence-electron chi connectivity index (χ0n) is 22.8. The Labute approximate surface area is 220 Å². The molecule has 2 amide bonds. The van der Waals surface area contributed by atoms with Crippen molar-refractivity contribution in [2.45, 2.75) is 89.2 Å². The quantitative estimate of drug-likeness (QED) is 0.625. The molecule has 37 heavy (non-hydrogen) atoms. The van der Waals surface area contributed by atoms with Crippen LogP contribution < -0.4 is 5.63 Å². The van der Waals surface area contributed by atoms with Crippen LogP contribution in [0.1, 0.15) is 83.1 Å². The Morgan fingerprint density at radius 1 is 1.03 bits per heavy atom. The molecule has 1 aliphatic heterocycles. The minimum atomic E-state index is -0.676. The van der Waals surface area contributed by atoms with Crippen LogP contribution in [0.4, 0.5) is 4.79 Å². The average Bonchev–Trinajstić information content (AvgIpc) is 3.19. The number of ether oxygens (including phenoxy) is 1. The molecule has 0 aromatic carbocycles. The Morgan fingerprint density at radius 2 is 1.81 bits per heavy atom. The molecule has 6 rings (SSSR count). The number of aliphatic hydroxyl groups is 1. The van der Waals surface area contributed by atoms with Crippen molar-refractivity contribution in [3.05, 3.63) is 34.4 Å². The van der Waals surface area contributed by atoms with Gasteiger partial charge in [0.05, 0.1) is 25.1 Å². The summed E-state index contributed by atoms with van der Waals surface area (Å²) >= 11 is 0. The maximum absolute atomic E-state index is 13.2. The normalized spacial score (nSPS) is 43.5. The van der Waals surface area contributed by atoms with Gasteiger partial charge in [0, 0.05) is 37.7 Å². The van der Waals surface area contributed by atoms with Crippen molar-refractivity contribution in [2.75, 3.05) is 33.4 Å². The second-order valence-corrected chi connectivity index (χ2v) is 13.3. The summed E-state index contributed by atoms with van der Waals surface area (Å²) < 4.78 is 10.7. The molecule has 2 heterocycles. The summed E-state index contributed by atoms with van der Waals surface area (Å²) in [6, 6.07) is 3.88. The number of urea groups is 1. The number of nitrogens with zero attached hydrogens (tertiary/aromatic N) is 2. The van der Waals surface area contributed by atoms with Crippen LogP contribution in [0.25, 0.3) is 0 Å². The summed E-state index contributed by atoms with van der Waals surface area (Å²) in [5.41, 5.74) is 0.0933. The predicted octanol–water partition coefficient (Wildman–Crippen LogP) is 4.63. The Morgan fingerprint density at radius 3 is 2.54 bits per heavy atom. The summed E-state index contributed by atoms with van der Waals surface area (Å²) in [6.45, 7) is 7.44. The number of carbonyl (C=O) groups is 1. The van der Waals surface area contributed by atoms with Gasteiger partial charge in [0.1, 0.15) is 0 Å². The van der Waals surface area contributed by atoms with Crippen LogP contribution in [0.15, 0.2) is 27.6 Å². The highest BCUT2D eigenvalue weighted by atomic mass is 16.5. The minimum Gasteiger partial charge on any atom is -0.431 e. The topological polar surface area (TPSA) is 83.2 Å². The van der Waals surface area contributed by atoms with Crippen LogP contribution in [0.3, 0.4) is 0 Å². The van der Waals surface area contributed by atoms with Crippen molar-refractivity contribution in [2.24, 2.45) is 28.6 Å². The van der Waals surface area contributed by atoms with Gasteiger partial charge in [-0.3, -0.25) is 0 Å². The maximum Gasteiger partial charge on any atom is 0.335 e. The third kappa shape index (κ3) is 3.82. The van der Waals surface area contributed by atoms with E-state index in [0.29, 0.717) is 50.1 Å². The zero-order chi connectivity index (χ0) is 26.0. The molecule has 1 saturated heterocycles. The third-order valence-electron chi connectivity index (χ3n) is 12.1. The standard InChI is InChI=1S/C30H44N2O5/c1-28-11-8-22(31(3)27(34)32-14-16-36-17-15-32)18-21(28)5-6-25-24(28)9-12-29(2)23(10-13-30(25,29)35)20-4-7-26(33)37-19-20/h4,7,19,21-25,35H,5-6,8-18H2,1-3H3/t21-,22+,23-,24+,25-,28+,29-,30+/m1/s1. The molecule has 204 valence electrons. The highest BCUT2D eigenvalue weighted by molar-refractivity contribution is 5.74. The first-order chi connectivity index (χ1) is 17.7. The molecule has 1 aromatic heterocycles. The summed E-state index contributed by atoms with van der Waals surface area (Å²) in [4.78, 5) is 28.7. The van der Waals surface area contributed by atoms with E-state index in [0.717, 1.165) is 63.4 Å². The van der Waals surface area contributed by atoms with Crippen LogP contribution in [0, 0.1) is 28.6 Å². The van der Waals surface area contributed by atoms with Crippen molar-refractivity contribution in [1.29, 1.82) is 0 Å². The van der Waals surface area contributed by atoms with E-state index >= 15 is 0 Å². The number of carbonyl (C=O) groups excluding carboxylic acids is 1. The first-order valence-corrected chi connectivity index (χ1v) is 14.6. The van der Waals surface area contributed by atoms with Gasteiger partial charge in [-0.25, -0.2) is 9.59 Å². The number of hydrogen-bond donors (Lipinski definition) is 1. The molecule has 0 unspecified atom stereocenters. The molecular weight excluding hydrogens is 468 g/mol. The molecule has 0 spiro atoms. The lowest BCUT2D eigenvalue weighted by Gasteiger charge is -2.64. The number of rotatable bonds is 2. The molecule has 0 bridgehead atoms. The fraction of sp³-hybridized carbons (Fsp3) is 0.800. The zero-order valence-corrected chi connectivity index (χ0v) is 22.8. The number of hydrogen-bond acceptors (Lipinski definition) is 5. The number of morpholine rings is 1. The summed E-state index contributed by atoms with van der Waals surface area (Å²) in [5.74, 6) is 1.67. The highest BCUT2D eigenvalue weighted by Gasteiger charge is 2.67. The van der Waals surface area contributed by atoms with E-state index < -0.39 is 5.60 Å². The fourth-order valence-electron chi connectivity index (χ4n) is 9.79. The lowest BCUT2D eigenvalue weighted by atomic mass is 9.43.